The molecule has 0 radical (unpaired) electrons. The number of pyridine rings is 2. The number of fused-ring (bicyclic) bond motifs is 2. The summed E-state index contributed by atoms with van der Waals surface area (Å²) in [6.07, 6.45) is 1.93. The molecule has 3 aromatic rings. The number of carbonyl (C=O) groups excluding carboxylic acids is 1. The van der Waals surface area contributed by atoms with Gasteiger partial charge in [0.15, 0.2) is 5.82 Å². The first-order chi connectivity index (χ1) is 15.7. The maximum absolute atomic E-state index is 13.5. The second kappa shape index (κ2) is 7.54. The summed E-state index contributed by atoms with van der Waals surface area (Å²) >= 11 is 0. The van der Waals surface area contributed by atoms with Crippen LogP contribution in [0.15, 0.2) is 24.3 Å². The molecule has 9 nitrogen and oxygen atoms in total. The number of aryl methyl sites for hydroxylation is 1. The Morgan fingerprint density at radius 1 is 1.18 bits per heavy atom. The maximum Gasteiger partial charge on any atom is 0.260 e. The van der Waals surface area contributed by atoms with E-state index in [1.807, 2.05) is 38.4 Å². The quantitative estimate of drug-likeness (QED) is 0.642. The van der Waals surface area contributed by atoms with Crippen LogP contribution in [0.3, 0.4) is 0 Å². The first-order valence-electron chi connectivity index (χ1n) is 11.4. The molecule has 0 unspecified atom stereocenters. The Hall–Kier alpha value is -3.49. The lowest BCUT2D eigenvalue weighted by atomic mass is 10.0. The molecular weight excluding hydrogens is 416 g/mol. The summed E-state index contributed by atoms with van der Waals surface area (Å²) in [5.41, 5.74) is 2.21. The third-order valence-electron chi connectivity index (χ3n) is 6.81. The predicted molar refractivity (Wildman–Crippen MR) is 129 cm³/mol. The second-order valence-corrected chi connectivity index (χ2v) is 9.67. The Balaban J connectivity index is 1.52. The van der Waals surface area contributed by atoms with E-state index in [1.54, 1.807) is 4.90 Å². The fourth-order valence-electron chi connectivity index (χ4n) is 4.63. The SMILES string of the molecule is CNc1nc(N(C)C(C)C)cc2c1CN(c1cccc(-c3nnc4n3C(C)(C)CC4)n1)C2=O. The normalized spacial score (nSPS) is 16.3. The Bertz CT molecular complexity index is 1250. The van der Waals surface area contributed by atoms with Gasteiger partial charge in [0.25, 0.3) is 5.91 Å². The van der Waals surface area contributed by atoms with E-state index in [9.17, 15) is 4.79 Å². The summed E-state index contributed by atoms with van der Waals surface area (Å²) in [6.45, 7) is 9.00. The van der Waals surface area contributed by atoms with Crippen LogP contribution in [-0.2, 0) is 18.5 Å². The van der Waals surface area contributed by atoms with Crippen LogP contribution in [0.5, 0.6) is 0 Å². The number of carbonyl (C=O) groups is 1. The zero-order chi connectivity index (χ0) is 23.5. The van der Waals surface area contributed by atoms with Crippen LogP contribution in [0, 0.1) is 0 Å². The highest BCUT2D eigenvalue weighted by Gasteiger charge is 2.36. The number of hydrogen-bond acceptors (Lipinski definition) is 7. The molecule has 0 aromatic carbocycles. The number of anilines is 3. The molecule has 0 spiro atoms. The van der Waals surface area contributed by atoms with Crippen molar-refractivity contribution in [3.05, 3.63) is 41.2 Å². The van der Waals surface area contributed by atoms with E-state index in [2.05, 4.69) is 52.7 Å². The van der Waals surface area contributed by atoms with Crippen LogP contribution in [0.2, 0.25) is 0 Å². The molecule has 9 heteroatoms. The monoisotopic (exact) mass is 446 g/mol. The average molecular weight is 447 g/mol. The van der Waals surface area contributed by atoms with E-state index in [4.69, 9.17) is 9.97 Å². The van der Waals surface area contributed by atoms with Crippen LogP contribution < -0.4 is 15.1 Å². The van der Waals surface area contributed by atoms with E-state index < -0.39 is 0 Å². The van der Waals surface area contributed by atoms with E-state index in [0.29, 0.717) is 17.9 Å². The molecule has 5 heterocycles. The summed E-state index contributed by atoms with van der Waals surface area (Å²) in [5.74, 6) is 3.75. The van der Waals surface area contributed by atoms with Gasteiger partial charge in [0.2, 0.25) is 0 Å². The number of hydrogen-bond donors (Lipinski definition) is 1. The minimum absolute atomic E-state index is 0.0578. The molecule has 0 saturated carbocycles. The highest BCUT2D eigenvalue weighted by atomic mass is 16.2. The van der Waals surface area contributed by atoms with Crippen molar-refractivity contribution in [2.75, 3.05) is 29.2 Å². The topological polar surface area (TPSA) is 92.1 Å². The molecule has 0 atom stereocenters. The van der Waals surface area contributed by atoms with Gasteiger partial charge >= 0.3 is 0 Å². The van der Waals surface area contributed by atoms with Gasteiger partial charge in [0.1, 0.15) is 29.0 Å². The summed E-state index contributed by atoms with van der Waals surface area (Å²) in [7, 11) is 3.82. The lowest BCUT2D eigenvalue weighted by molar-refractivity contribution is 0.0996. The van der Waals surface area contributed by atoms with Crippen molar-refractivity contribution in [3.8, 4) is 11.5 Å². The largest absolute Gasteiger partial charge is 0.373 e. The second-order valence-electron chi connectivity index (χ2n) is 9.67. The molecule has 0 aliphatic carbocycles. The van der Waals surface area contributed by atoms with Gasteiger partial charge in [0.05, 0.1) is 12.1 Å². The molecule has 5 rings (SSSR count). The van der Waals surface area contributed by atoms with Gasteiger partial charge in [-0.2, -0.15) is 0 Å². The molecule has 172 valence electrons. The molecule has 3 aromatic heterocycles. The van der Waals surface area contributed by atoms with Gasteiger partial charge in [-0.1, -0.05) is 6.07 Å². The number of rotatable bonds is 5. The van der Waals surface area contributed by atoms with Crippen LogP contribution in [0.25, 0.3) is 11.5 Å². The van der Waals surface area contributed by atoms with Gasteiger partial charge < -0.3 is 14.8 Å². The van der Waals surface area contributed by atoms with Crippen LogP contribution >= 0.6 is 0 Å². The Kier molecular flexibility index (Phi) is 4.88. The van der Waals surface area contributed by atoms with Crippen molar-refractivity contribution < 1.29 is 4.79 Å². The Labute approximate surface area is 193 Å². The highest BCUT2D eigenvalue weighted by Crippen LogP contribution is 2.37. The summed E-state index contributed by atoms with van der Waals surface area (Å²) < 4.78 is 2.18. The predicted octanol–water partition coefficient (Wildman–Crippen LogP) is 3.46. The molecule has 0 fully saturated rings. The first-order valence-corrected chi connectivity index (χ1v) is 11.4. The van der Waals surface area contributed by atoms with E-state index in [1.165, 1.54) is 0 Å². The average Bonchev–Trinajstić information content (AvgIpc) is 3.47. The highest BCUT2D eigenvalue weighted by molar-refractivity contribution is 6.11. The van der Waals surface area contributed by atoms with Gasteiger partial charge in [-0.05, 0) is 52.3 Å². The van der Waals surface area contributed by atoms with Crippen molar-refractivity contribution in [3.63, 3.8) is 0 Å². The van der Waals surface area contributed by atoms with Crippen LogP contribution in [0.4, 0.5) is 17.5 Å². The minimum Gasteiger partial charge on any atom is -0.373 e. The van der Waals surface area contributed by atoms with E-state index in [0.717, 1.165) is 47.4 Å². The molecule has 2 aliphatic heterocycles. The van der Waals surface area contributed by atoms with Gasteiger partial charge in [0, 0.05) is 37.7 Å². The van der Waals surface area contributed by atoms with Crippen molar-refractivity contribution in [2.24, 2.45) is 0 Å². The Morgan fingerprint density at radius 2 is 1.97 bits per heavy atom. The Morgan fingerprint density at radius 3 is 2.70 bits per heavy atom. The summed E-state index contributed by atoms with van der Waals surface area (Å²) in [4.78, 5) is 26.8. The molecule has 0 bridgehead atoms. The van der Waals surface area contributed by atoms with Crippen LogP contribution in [0.1, 0.15) is 55.9 Å². The van der Waals surface area contributed by atoms with Crippen molar-refractivity contribution in [1.29, 1.82) is 0 Å². The van der Waals surface area contributed by atoms with Gasteiger partial charge in [-0.25, -0.2) is 9.97 Å². The number of amides is 1. The van der Waals surface area contributed by atoms with Crippen LogP contribution in [-0.4, -0.2) is 50.8 Å². The van der Waals surface area contributed by atoms with Crippen molar-refractivity contribution in [1.82, 2.24) is 24.7 Å². The zero-order valence-corrected chi connectivity index (χ0v) is 20.0. The molecule has 1 amide bonds. The third kappa shape index (κ3) is 3.34. The fraction of sp³-hybridized carbons (Fsp3) is 0.458. The third-order valence-corrected chi connectivity index (χ3v) is 6.81. The summed E-state index contributed by atoms with van der Waals surface area (Å²) in [5, 5.41) is 12.0. The number of nitrogens with zero attached hydrogens (tertiary/aromatic N) is 7. The minimum atomic E-state index is -0.0706. The number of aromatic nitrogens is 5. The van der Waals surface area contributed by atoms with Crippen molar-refractivity contribution >= 4 is 23.4 Å². The lowest BCUT2D eigenvalue weighted by Gasteiger charge is -2.23. The van der Waals surface area contributed by atoms with Gasteiger partial charge in [-0.15, -0.1) is 10.2 Å². The van der Waals surface area contributed by atoms with Gasteiger partial charge in [-0.3, -0.25) is 9.69 Å². The fourth-order valence-corrected chi connectivity index (χ4v) is 4.63. The maximum atomic E-state index is 13.5. The smallest absolute Gasteiger partial charge is 0.260 e. The molecule has 1 N–H and O–H groups in total. The molecule has 33 heavy (non-hydrogen) atoms. The first kappa shape index (κ1) is 21.4. The van der Waals surface area contributed by atoms with Crippen molar-refractivity contribution in [2.45, 2.75) is 58.7 Å². The van der Waals surface area contributed by atoms with E-state index >= 15 is 0 Å². The molecule has 0 saturated heterocycles. The lowest BCUT2D eigenvalue weighted by Crippen LogP contribution is -2.27. The zero-order valence-electron chi connectivity index (χ0n) is 20.0. The summed E-state index contributed by atoms with van der Waals surface area (Å²) in [6, 6.07) is 7.87. The molecular formula is C24H30N8O. The standard InChI is InChI=1S/C24H30N8O/c1-14(2)30(6)20-12-15-16(21(25-5)27-20)13-31(23(15)33)18-9-7-8-17(26-18)22-29-28-19-10-11-24(3,4)32(19)22/h7-9,12,14H,10-11,13H2,1-6H3,(H,25,27). The van der Waals surface area contributed by atoms with E-state index in [-0.39, 0.29) is 17.5 Å². The molecule has 2 aliphatic rings. The number of nitrogens with one attached hydrogen (secondary N) is 1.